The maximum absolute atomic E-state index is 6.09. The van der Waals surface area contributed by atoms with Gasteiger partial charge in [0.25, 0.3) is 0 Å². The van der Waals surface area contributed by atoms with Crippen LogP contribution in [0.25, 0.3) is 0 Å². The molecule has 0 fully saturated rings. The monoisotopic (exact) mass is 243 g/mol. The number of aryl methyl sites for hydroxylation is 1. The van der Waals surface area contributed by atoms with Gasteiger partial charge in [0.05, 0.1) is 23.0 Å². The molecule has 0 aliphatic heterocycles. The van der Waals surface area contributed by atoms with Crippen LogP contribution in [0, 0.1) is 13.8 Å². The lowest BCUT2D eigenvalue weighted by atomic mass is 10.0. The second-order valence-electron chi connectivity index (χ2n) is 4.87. The standard InChI is InChI=1S/C12H22ClN3/c1-6-12(4,5)14-7-8-16-10(3)11(13)9(2)15-16/h14H,6-8H2,1-5H3. The van der Waals surface area contributed by atoms with Gasteiger partial charge in [-0.3, -0.25) is 4.68 Å². The molecule has 0 radical (unpaired) electrons. The van der Waals surface area contributed by atoms with E-state index in [0.29, 0.717) is 0 Å². The van der Waals surface area contributed by atoms with Crippen molar-refractivity contribution in [1.29, 1.82) is 0 Å². The van der Waals surface area contributed by atoms with Crippen LogP contribution in [0.1, 0.15) is 38.6 Å². The number of nitrogens with one attached hydrogen (secondary N) is 1. The Balaban J connectivity index is 2.53. The van der Waals surface area contributed by atoms with Crippen LogP contribution in [-0.2, 0) is 6.54 Å². The van der Waals surface area contributed by atoms with Crippen LogP contribution in [0.4, 0.5) is 0 Å². The van der Waals surface area contributed by atoms with E-state index in [0.717, 1.165) is 35.9 Å². The normalized spacial score (nSPS) is 12.1. The molecule has 4 heteroatoms. The predicted octanol–water partition coefficient (Wildman–Crippen LogP) is 2.93. The molecule has 0 amide bonds. The molecule has 3 nitrogen and oxygen atoms in total. The van der Waals surface area contributed by atoms with Crippen molar-refractivity contribution in [3.05, 3.63) is 16.4 Å². The second kappa shape index (κ2) is 5.19. The van der Waals surface area contributed by atoms with E-state index in [4.69, 9.17) is 11.6 Å². The van der Waals surface area contributed by atoms with Gasteiger partial charge < -0.3 is 5.32 Å². The van der Waals surface area contributed by atoms with Crippen LogP contribution in [0.5, 0.6) is 0 Å². The van der Waals surface area contributed by atoms with E-state index in [9.17, 15) is 0 Å². The van der Waals surface area contributed by atoms with Gasteiger partial charge in [-0.2, -0.15) is 5.10 Å². The highest BCUT2D eigenvalue weighted by Crippen LogP contribution is 2.18. The van der Waals surface area contributed by atoms with Crippen molar-refractivity contribution in [3.8, 4) is 0 Å². The van der Waals surface area contributed by atoms with E-state index in [-0.39, 0.29) is 5.54 Å². The number of hydrogen-bond donors (Lipinski definition) is 1. The molecular formula is C12H22ClN3. The SMILES string of the molecule is CCC(C)(C)NCCn1nc(C)c(Cl)c1C. The van der Waals surface area contributed by atoms with Crippen molar-refractivity contribution in [2.45, 2.75) is 53.1 Å². The summed E-state index contributed by atoms with van der Waals surface area (Å²) < 4.78 is 1.97. The molecule has 1 N–H and O–H groups in total. The van der Waals surface area contributed by atoms with Crippen molar-refractivity contribution in [2.24, 2.45) is 0 Å². The van der Waals surface area contributed by atoms with Crippen LogP contribution < -0.4 is 5.32 Å². The molecule has 0 aromatic carbocycles. The van der Waals surface area contributed by atoms with E-state index in [1.807, 2.05) is 18.5 Å². The molecular weight excluding hydrogens is 222 g/mol. The minimum absolute atomic E-state index is 0.194. The van der Waals surface area contributed by atoms with E-state index in [2.05, 4.69) is 31.2 Å². The van der Waals surface area contributed by atoms with Gasteiger partial charge in [0.2, 0.25) is 0 Å². The summed E-state index contributed by atoms with van der Waals surface area (Å²) in [4.78, 5) is 0. The number of nitrogens with zero attached hydrogens (tertiary/aromatic N) is 2. The van der Waals surface area contributed by atoms with Gasteiger partial charge in [-0.25, -0.2) is 0 Å². The zero-order chi connectivity index (χ0) is 12.3. The van der Waals surface area contributed by atoms with E-state index in [1.165, 1.54) is 0 Å². The van der Waals surface area contributed by atoms with Crippen molar-refractivity contribution in [1.82, 2.24) is 15.1 Å². The number of aromatic nitrogens is 2. The molecule has 1 aromatic rings. The molecule has 0 spiro atoms. The van der Waals surface area contributed by atoms with Gasteiger partial charge in [-0.05, 0) is 34.1 Å². The third kappa shape index (κ3) is 3.22. The van der Waals surface area contributed by atoms with Crippen LogP contribution >= 0.6 is 11.6 Å². The zero-order valence-corrected chi connectivity index (χ0v) is 11.6. The topological polar surface area (TPSA) is 29.9 Å². The third-order valence-electron chi connectivity index (χ3n) is 3.10. The van der Waals surface area contributed by atoms with E-state index in [1.54, 1.807) is 0 Å². The Hall–Kier alpha value is -0.540. The maximum Gasteiger partial charge on any atom is 0.0844 e. The quantitative estimate of drug-likeness (QED) is 0.862. The Kier molecular flexibility index (Phi) is 4.39. The average Bonchev–Trinajstić information content (AvgIpc) is 2.46. The molecule has 0 unspecified atom stereocenters. The maximum atomic E-state index is 6.09. The van der Waals surface area contributed by atoms with E-state index < -0.39 is 0 Å². The molecule has 16 heavy (non-hydrogen) atoms. The van der Waals surface area contributed by atoms with Gasteiger partial charge in [-0.1, -0.05) is 18.5 Å². The largest absolute Gasteiger partial charge is 0.310 e. The van der Waals surface area contributed by atoms with Gasteiger partial charge >= 0.3 is 0 Å². The van der Waals surface area contributed by atoms with Crippen LogP contribution in [0.3, 0.4) is 0 Å². The number of halogens is 1. The van der Waals surface area contributed by atoms with Gasteiger partial charge in [0.1, 0.15) is 0 Å². The Morgan fingerprint density at radius 1 is 1.38 bits per heavy atom. The molecule has 1 heterocycles. The van der Waals surface area contributed by atoms with E-state index >= 15 is 0 Å². The summed E-state index contributed by atoms with van der Waals surface area (Å²) >= 11 is 6.09. The first-order valence-electron chi connectivity index (χ1n) is 5.82. The van der Waals surface area contributed by atoms with Gasteiger partial charge in [-0.15, -0.1) is 0 Å². The lowest BCUT2D eigenvalue weighted by Crippen LogP contribution is -2.40. The molecule has 0 aliphatic carbocycles. The van der Waals surface area contributed by atoms with Crippen LogP contribution in [0.15, 0.2) is 0 Å². The summed E-state index contributed by atoms with van der Waals surface area (Å²) in [5.74, 6) is 0. The first-order chi connectivity index (χ1) is 7.37. The fraction of sp³-hybridized carbons (Fsp3) is 0.750. The highest BCUT2D eigenvalue weighted by Gasteiger charge is 2.14. The van der Waals surface area contributed by atoms with Crippen molar-refractivity contribution < 1.29 is 0 Å². The summed E-state index contributed by atoms with van der Waals surface area (Å²) in [5, 5.41) is 8.70. The van der Waals surface area contributed by atoms with Crippen molar-refractivity contribution in [3.63, 3.8) is 0 Å². The van der Waals surface area contributed by atoms with Crippen molar-refractivity contribution >= 4 is 11.6 Å². The molecule has 1 aromatic heterocycles. The molecule has 0 bridgehead atoms. The highest BCUT2D eigenvalue weighted by molar-refractivity contribution is 6.31. The average molecular weight is 244 g/mol. The number of rotatable bonds is 5. The Morgan fingerprint density at radius 3 is 2.44 bits per heavy atom. The number of hydrogen-bond acceptors (Lipinski definition) is 2. The fourth-order valence-electron chi connectivity index (χ4n) is 1.52. The summed E-state index contributed by atoms with van der Waals surface area (Å²) in [6.07, 6.45) is 1.12. The Bertz CT molecular complexity index is 355. The smallest absolute Gasteiger partial charge is 0.0844 e. The highest BCUT2D eigenvalue weighted by atomic mass is 35.5. The minimum atomic E-state index is 0.194. The minimum Gasteiger partial charge on any atom is -0.310 e. The Morgan fingerprint density at radius 2 is 2.00 bits per heavy atom. The molecule has 1 rings (SSSR count). The molecule has 92 valence electrons. The van der Waals surface area contributed by atoms with Gasteiger partial charge in [0, 0.05) is 12.1 Å². The summed E-state index contributed by atoms with van der Waals surface area (Å²) in [6.45, 7) is 12.3. The summed E-state index contributed by atoms with van der Waals surface area (Å²) in [6, 6.07) is 0. The third-order valence-corrected chi connectivity index (χ3v) is 3.65. The lowest BCUT2D eigenvalue weighted by molar-refractivity contribution is 0.362. The molecule has 0 saturated carbocycles. The molecule has 0 saturated heterocycles. The van der Waals surface area contributed by atoms with Crippen LogP contribution in [-0.4, -0.2) is 21.9 Å². The van der Waals surface area contributed by atoms with Crippen molar-refractivity contribution in [2.75, 3.05) is 6.54 Å². The first kappa shape index (κ1) is 13.5. The zero-order valence-electron chi connectivity index (χ0n) is 10.9. The second-order valence-corrected chi connectivity index (χ2v) is 5.25. The lowest BCUT2D eigenvalue weighted by Gasteiger charge is -2.24. The van der Waals surface area contributed by atoms with Gasteiger partial charge in [0.15, 0.2) is 0 Å². The first-order valence-corrected chi connectivity index (χ1v) is 6.19. The summed E-state index contributed by atoms with van der Waals surface area (Å²) in [5.41, 5.74) is 2.16. The Labute approximate surface area is 103 Å². The molecule has 0 atom stereocenters. The van der Waals surface area contributed by atoms with Crippen LogP contribution in [0.2, 0.25) is 5.02 Å². The fourth-order valence-corrected chi connectivity index (χ4v) is 1.65. The molecule has 0 aliphatic rings. The summed E-state index contributed by atoms with van der Waals surface area (Å²) in [7, 11) is 0. The predicted molar refractivity (Wildman–Crippen MR) is 69.1 cm³/mol.